The lowest BCUT2D eigenvalue weighted by Gasteiger charge is -2.23. The van der Waals surface area contributed by atoms with Gasteiger partial charge in [-0.3, -0.25) is 9.78 Å². The molecule has 2 aromatic carbocycles. The number of nitrogens with one attached hydrogen (secondary N) is 1. The van der Waals surface area contributed by atoms with Crippen molar-refractivity contribution in [3.8, 4) is 0 Å². The topological polar surface area (TPSA) is 42.0 Å². The Kier molecular flexibility index (Phi) is 5.24. The number of halogens is 1. The Morgan fingerprint density at radius 3 is 2.47 bits per heavy atom. The highest BCUT2D eigenvalue weighted by molar-refractivity contribution is 6.00. The van der Waals surface area contributed by atoms with E-state index in [0.29, 0.717) is 17.7 Å². The van der Waals surface area contributed by atoms with Crippen molar-refractivity contribution < 1.29 is 9.18 Å². The molecule has 2 aliphatic rings. The van der Waals surface area contributed by atoms with Crippen LogP contribution >= 0.6 is 0 Å². The van der Waals surface area contributed by atoms with E-state index in [4.69, 9.17) is 0 Å². The number of nitrogens with zero attached hydrogens (tertiary/aromatic N) is 1. The molecule has 5 rings (SSSR count). The number of pyridine rings is 1. The zero-order chi connectivity index (χ0) is 20.5. The van der Waals surface area contributed by atoms with Crippen LogP contribution in [0.5, 0.6) is 0 Å². The van der Waals surface area contributed by atoms with Crippen molar-refractivity contribution in [2.75, 3.05) is 0 Å². The summed E-state index contributed by atoms with van der Waals surface area (Å²) in [5.74, 6) is -0.0979. The number of hydrogen-bond acceptors (Lipinski definition) is 2. The molecule has 30 heavy (non-hydrogen) atoms. The Hall–Kier alpha value is -2.75. The third kappa shape index (κ3) is 3.96. The summed E-state index contributed by atoms with van der Waals surface area (Å²) in [7, 11) is 0. The second kappa shape index (κ2) is 8.17. The molecule has 1 amide bonds. The van der Waals surface area contributed by atoms with Crippen LogP contribution in [-0.2, 0) is 6.42 Å². The Balaban J connectivity index is 1.47. The zero-order valence-corrected chi connectivity index (χ0v) is 17.2. The molecule has 1 N–H and O–H groups in total. The largest absolute Gasteiger partial charge is 0.349 e. The van der Waals surface area contributed by atoms with Crippen molar-refractivity contribution in [3.63, 3.8) is 0 Å². The quantitative estimate of drug-likeness (QED) is 0.577. The van der Waals surface area contributed by atoms with Gasteiger partial charge in [0.25, 0.3) is 5.91 Å². The van der Waals surface area contributed by atoms with Crippen LogP contribution in [0.2, 0.25) is 0 Å². The first-order valence-electron chi connectivity index (χ1n) is 11.1. The summed E-state index contributed by atoms with van der Waals surface area (Å²) in [6, 6.07) is 13.5. The minimum absolute atomic E-state index is 0.150. The van der Waals surface area contributed by atoms with Crippen molar-refractivity contribution in [1.82, 2.24) is 10.3 Å². The number of fused-ring (bicyclic) bond motifs is 1. The summed E-state index contributed by atoms with van der Waals surface area (Å²) in [6.07, 6.45) is 10.4. The van der Waals surface area contributed by atoms with Crippen LogP contribution < -0.4 is 5.32 Å². The SMILES string of the molecule is O=C(NC1CCCCC1)c1cc(Cc2ccc(C3CC3)nc2)c2ccccc2c1F. The van der Waals surface area contributed by atoms with Gasteiger partial charge in [0, 0.05) is 29.2 Å². The van der Waals surface area contributed by atoms with Crippen LogP contribution in [0.3, 0.4) is 0 Å². The molecule has 3 nitrogen and oxygen atoms in total. The fraction of sp³-hybridized carbons (Fsp3) is 0.385. The highest BCUT2D eigenvalue weighted by Gasteiger charge is 2.25. The van der Waals surface area contributed by atoms with Gasteiger partial charge in [0.2, 0.25) is 0 Å². The molecule has 0 bridgehead atoms. The van der Waals surface area contributed by atoms with Crippen LogP contribution in [0.25, 0.3) is 10.8 Å². The van der Waals surface area contributed by atoms with Crippen LogP contribution in [-0.4, -0.2) is 16.9 Å². The molecule has 1 heterocycles. The summed E-state index contributed by atoms with van der Waals surface area (Å²) in [5, 5.41) is 4.43. The first-order valence-corrected chi connectivity index (χ1v) is 11.1. The molecule has 2 saturated carbocycles. The molecular weight excluding hydrogens is 375 g/mol. The number of aromatic nitrogens is 1. The van der Waals surface area contributed by atoms with E-state index in [1.54, 1.807) is 12.1 Å². The fourth-order valence-electron chi connectivity index (χ4n) is 4.62. The van der Waals surface area contributed by atoms with E-state index in [0.717, 1.165) is 47.9 Å². The maximum atomic E-state index is 15.3. The minimum atomic E-state index is -0.426. The Morgan fingerprint density at radius 2 is 1.77 bits per heavy atom. The van der Waals surface area contributed by atoms with E-state index in [1.165, 1.54) is 19.3 Å². The third-order valence-electron chi connectivity index (χ3n) is 6.49. The third-order valence-corrected chi connectivity index (χ3v) is 6.49. The van der Waals surface area contributed by atoms with E-state index in [1.807, 2.05) is 24.4 Å². The van der Waals surface area contributed by atoms with Gasteiger partial charge in [-0.15, -0.1) is 0 Å². The molecule has 2 fully saturated rings. The van der Waals surface area contributed by atoms with Gasteiger partial charge in [0.1, 0.15) is 5.82 Å². The van der Waals surface area contributed by atoms with Crippen molar-refractivity contribution in [2.45, 2.75) is 63.3 Å². The van der Waals surface area contributed by atoms with E-state index in [9.17, 15) is 4.79 Å². The molecule has 0 atom stereocenters. The van der Waals surface area contributed by atoms with Gasteiger partial charge in [0.15, 0.2) is 0 Å². The lowest BCUT2D eigenvalue weighted by atomic mass is 9.93. The molecule has 1 aromatic heterocycles. The molecule has 4 heteroatoms. The molecule has 3 aromatic rings. The number of hydrogen-bond donors (Lipinski definition) is 1. The van der Waals surface area contributed by atoms with Gasteiger partial charge in [0.05, 0.1) is 5.56 Å². The van der Waals surface area contributed by atoms with E-state index >= 15 is 4.39 Å². The number of amides is 1. The Morgan fingerprint density at radius 1 is 1.00 bits per heavy atom. The second-order valence-corrected chi connectivity index (χ2v) is 8.79. The van der Waals surface area contributed by atoms with Crippen LogP contribution in [0.1, 0.15) is 78.0 Å². The van der Waals surface area contributed by atoms with Crippen LogP contribution in [0.4, 0.5) is 4.39 Å². The van der Waals surface area contributed by atoms with Gasteiger partial charge in [-0.2, -0.15) is 0 Å². The average molecular weight is 403 g/mol. The number of carbonyl (C=O) groups excluding carboxylic acids is 1. The molecular formula is C26H27FN2O. The first-order chi connectivity index (χ1) is 14.7. The fourth-order valence-corrected chi connectivity index (χ4v) is 4.62. The van der Waals surface area contributed by atoms with Gasteiger partial charge >= 0.3 is 0 Å². The minimum Gasteiger partial charge on any atom is -0.349 e. The lowest BCUT2D eigenvalue weighted by Crippen LogP contribution is -2.36. The van der Waals surface area contributed by atoms with E-state index < -0.39 is 5.82 Å². The second-order valence-electron chi connectivity index (χ2n) is 8.79. The van der Waals surface area contributed by atoms with Crippen LogP contribution in [0.15, 0.2) is 48.7 Å². The Labute approximate surface area is 176 Å². The van der Waals surface area contributed by atoms with E-state index in [2.05, 4.69) is 22.4 Å². The van der Waals surface area contributed by atoms with Crippen molar-refractivity contribution in [2.24, 2.45) is 0 Å². The smallest absolute Gasteiger partial charge is 0.254 e. The highest BCUT2D eigenvalue weighted by atomic mass is 19.1. The normalized spacial score (nSPS) is 17.2. The summed E-state index contributed by atoms with van der Waals surface area (Å²) < 4.78 is 15.3. The molecule has 2 aliphatic carbocycles. The predicted molar refractivity (Wildman–Crippen MR) is 117 cm³/mol. The monoisotopic (exact) mass is 402 g/mol. The number of benzene rings is 2. The summed E-state index contributed by atoms with van der Waals surface area (Å²) in [5.41, 5.74) is 3.35. The average Bonchev–Trinajstić information content (AvgIpc) is 3.62. The van der Waals surface area contributed by atoms with Gasteiger partial charge < -0.3 is 5.32 Å². The van der Waals surface area contributed by atoms with Gasteiger partial charge in [-0.1, -0.05) is 49.6 Å². The lowest BCUT2D eigenvalue weighted by molar-refractivity contribution is 0.0924. The van der Waals surface area contributed by atoms with Crippen LogP contribution in [0, 0.1) is 5.82 Å². The maximum Gasteiger partial charge on any atom is 0.254 e. The standard InChI is InChI=1S/C26H27FN2O/c27-25-22-9-5-4-8-21(22)19(14-17-10-13-24(28-16-17)18-11-12-18)15-23(25)26(30)29-20-6-2-1-3-7-20/h4-5,8-10,13,15-16,18,20H,1-3,6-7,11-12,14H2,(H,29,30). The predicted octanol–water partition coefficient (Wildman–Crippen LogP) is 5.90. The summed E-state index contributed by atoms with van der Waals surface area (Å²) >= 11 is 0. The first kappa shape index (κ1) is 19.2. The zero-order valence-electron chi connectivity index (χ0n) is 17.2. The molecule has 154 valence electrons. The highest BCUT2D eigenvalue weighted by Crippen LogP contribution is 2.38. The number of rotatable bonds is 5. The molecule has 0 spiro atoms. The number of carbonyl (C=O) groups is 1. The van der Waals surface area contributed by atoms with Gasteiger partial charge in [-0.05, 0) is 60.7 Å². The maximum absolute atomic E-state index is 15.3. The molecule has 0 unspecified atom stereocenters. The van der Waals surface area contributed by atoms with Gasteiger partial charge in [-0.25, -0.2) is 4.39 Å². The van der Waals surface area contributed by atoms with Crippen molar-refractivity contribution >= 4 is 16.7 Å². The summed E-state index contributed by atoms with van der Waals surface area (Å²) in [6.45, 7) is 0. The van der Waals surface area contributed by atoms with E-state index in [-0.39, 0.29) is 17.5 Å². The Bertz CT molecular complexity index is 1070. The van der Waals surface area contributed by atoms with Crippen molar-refractivity contribution in [1.29, 1.82) is 0 Å². The summed E-state index contributed by atoms with van der Waals surface area (Å²) in [4.78, 5) is 17.6. The molecule has 0 saturated heterocycles. The van der Waals surface area contributed by atoms with Crippen molar-refractivity contribution in [3.05, 3.63) is 76.9 Å². The molecule has 0 aliphatic heterocycles. The molecule has 0 radical (unpaired) electrons.